The van der Waals surface area contributed by atoms with Crippen molar-refractivity contribution in [2.24, 2.45) is 11.8 Å². The molecule has 176 valence electrons. The van der Waals surface area contributed by atoms with Crippen molar-refractivity contribution in [3.63, 3.8) is 0 Å². The Morgan fingerprint density at radius 3 is 1.63 bits per heavy atom. The molecule has 35 heavy (non-hydrogen) atoms. The van der Waals surface area contributed by atoms with Gasteiger partial charge in [0.25, 0.3) is 0 Å². The standard InChI is InChI=1S/C27H20O8/c1-32-19-12-11-14(13-20(19)33-2)21(22-24(28)15-7-3-5-9-17(15)34-26(22)30)23-25(29)16-8-4-6-10-18(16)35-27(23)31/h3-13,21-23H,1-2H3/t21?,22-,23+. The summed E-state index contributed by atoms with van der Waals surface area (Å²) < 4.78 is 21.6. The molecule has 1 unspecified atom stereocenters. The summed E-state index contributed by atoms with van der Waals surface area (Å²) in [6.45, 7) is 0. The fourth-order valence-electron chi connectivity index (χ4n) is 4.67. The number of ketones is 2. The van der Waals surface area contributed by atoms with E-state index in [4.69, 9.17) is 18.9 Å². The number of methoxy groups -OCH3 is 2. The third-order valence-electron chi connectivity index (χ3n) is 6.31. The lowest BCUT2D eigenvalue weighted by atomic mass is 9.70. The fraction of sp³-hybridized carbons (Fsp3) is 0.185. The summed E-state index contributed by atoms with van der Waals surface area (Å²) in [6, 6.07) is 17.4. The lowest BCUT2D eigenvalue weighted by Gasteiger charge is -2.34. The number of Topliss-reactive ketones (excluding diaryl/α,β-unsaturated/α-hetero) is 2. The van der Waals surface area contributed by atoms with E-state index in [-0.39, 0.29) is 22.6 Å². The van der Waals surface area contributed by atoms with E-state index >= 15 is 0 Å². The highest BCUT2D eigenvalue weighted by atomic mass is 16.5. The Hall–Kier alpha value is -4.46. The summed E-state index contributed by atoms with van der Waals surface area (Å²) in [6.07, 6.45) is 0. The van der Waals surface area contributed by atoms with Crippen LogP contribution in [-0.2, 0) is 9.59 Å². The van der Waals surface area contributed by atoms with Gasteiger partial charge < -0.3 is 18.9 Å². The number of para-hydroxylation sites is 2. The van der Waals surface area contributed by atoms with Gasteiger partial charge in [0.1, 0.15) is 23.3 Å². The first-order valence-electron chi connectivity index (χ1n) is 10.9. The smallest absolute Gasteiger partial charge is 0.322 e. The number of ether oxygens (including phenoxy) is 4. The highest BCUT2D eigenvalue weighted by Crippen LogP contribution is 2.45. The third-order valence-corrected chi connectivity index (χ3v) is 6.31. The van der Waals surface area contributed by atoms with Crippen LogP contribution in [0, 0.1) is 11.8 Å². The van der Waals surface area contributed by atoms with Crippen LogP contribution in [0.4, 0.5) is 0 Å². The Balaban J connectivity index is 1.69. The molecule has 2 aliphatic heterocycles. The third kappa shape index (κ3) is 3.63. The zero-order chi connectivity index (χ0) is 24.7. The van der Waals surface area contributed by atoms with E-state index in [1.54, 1.807) is 54.6 Å². The summed E-state index contributed by atoms with van der Waals surface area (Å²) >= 11 is 0. The molecule has 3 atom stereocenters. The van der Waals surface area contributed by atoms with Gasteiger partial charge in [-0.25, -0.2) is 0 Å². The van der Waals surface area contributed by atoms with Crippen LogP contribution < -0.4 is 18.9 Å². The molecule has 8 nitrogen and oxygen atoms in total. The molecule has 0 radical (unpaired) electrons. The van der Waals surface area contributed by atoms with Crippen LogP contribution in [0.15, 0.2) is 66.7 Å². The Morgan fingerprint density at radius 1 is 0.657 bits per heavy atom. The number of carbonyl (C=O) groups is 4. The predicted molar refractivity (Wildman–Crippen MR) is 122 cm³/mol. The SMILES string of the molecule is COc1ccc(C([C@@H]2C(=O)Oc3ccccc3C2=O)[C@H]2C(=O)Oc3ccccc3C2=O)cc1OC. The summed E-state index contributed by atoms with van der Waals surface area (Å²) in [4.78, 5) is 53.6. The molecule has 5 rings (SSSR count). The minimum Gasteiger partial charge on any atom is -0.493 e. The van der Waals surface area contributed by atoms with Gasteiger partial charge in [0.05, 0.1) is 25.3 Å². The van der Waals surface area contributed by atoms with E-state index in [2.05, 4.69) is 0 Å². The van der Waals surface area contributed by atoms with Gasteiger partial charge in [0, 0.05) is 5.92 Å². The number of carbonyl (C=O) groups excluding carboxylic acids is 4. The quantitative estimate of drug-likeness (QED) is 0.315. The van der Waals surface area contributed by atoms with Gasteiger partial charge in [-0.05, 0) is 42.0 Å². The van der Waals surface area contributed by atoms with E-state index in [1.807, 2.05) is 0 Å². The van der Waals surface area contributed by atoms with Crippen LogP contribution >= 0.6 is 0 Å². The molecule has 3 aromatic carbocycles. The van der Waals surface area contributed by atoms with Crippen molar-refractivity contribution in [3.05, 3.63) is 83.4 Å². The minimum atomic E-state index is -1.46. The molecule has 0 aromatic heterocycles. The van der Waals surface area contributed by atoms with Crippen molar-refractivity contribution in [2.45, 2.75) is 5.92 Å². The molecule has 3 aromatic rings. The molecular formula is C27H20O8. The van der Waals surface area contributed by atoms with Crippen molar-refractivity contribution < 1.29 is 38.1 Å². The van der Waals surface area contributed by atoms with Crippen LogP contribution in [0.1, 0.15) is 32.2 Å². The fourth-order valence-corrected chi connectivity index (χ4v) is 4.67. The summed E-state index contributed by atoms with van der Waals surface area (Å²) in [7, 11) is 2.90. The number of fused-ring (bicyclic) bond motifs is 2. The normalized spacial score (nSPS) is 19.7. The zero-order valence-electron chi connectivity index (χ0n) is 18.8. The Bertz CT molecular complexity index is 1300. The van der Waals surface area contributed by atoms with Crippen LogP contribution in [0.2, 0.25) is 0 Å². The molecule has 2 heterocycles. The molecule has 0 aliphatic carbocycles. The Kier molecular flexibility index (Phi) is 5.56. The van der Waals surface area contributed by atoms with Crippen LogP contribution in [-0.4, -0.2) is 37.7 Å². The number of benzene rings is 3. The molecule has 0 saturated heterocycles. The first kappa shape index (κ1) is 22.3. The summed E-state index contributed by atoms with van der Waals surface area (Å²) in [5.41, 5.74) is 0.742. The highest BCUT2D eigenvalue weighted by molar-refractivity contribution is 6.18. The van der Waals surface area contributed by atoms with Crippen LogP contribution in [0.25, 0.3) is 0 Å². The molecule has 0 fully saturated rings. The molecule has 0 N–H and O–H groups in total. The lowest BCUT2D eigenvalue weighted by molar-refractivity contribution is -0.142. The second-order valence-corrected chi connectivity index (χ2v) is 8.16. The van der Waals surface area contributed by atoms with Crippen molar-refractivity contribution in [1.82, 2.24) is 0 Å². The van der Waals surface area contributed by atoms with Crippen molar-refractivity contribution in [1.29, 1.82) is 0 Å². The van der Waals surface area contributed by atoms with Gasteiger partial charge >= 0.3 is 11.9 Å². The Morgan fingerprint density at radius 2 is 1.14 bits per heavy atom. The molecular weight excluding hydrogens is 452 g/mol. The Labute approximate surface area is 200 Å². The molecule has 8 heteroatoms. The van der Waals surface area contributed by atoms with Gasteiger partial charge in [0.2, 0.25) is 0 Å². The number of rotatable bonds is 5. The van der Waals surface area contributed by atoms with E-state index in [9.17, 15) is 19.2 Å². The second-order valence-electron chi connectivity index (χ2n) is 8.16. The topological polar surface area (TPSA) is 105 Å². The second kappa shape index (κ2) is 8.72. The molecule has 0 bridgehead atoms. The maximum Gasteiger partial charge on any atom is 0.322 e. The summed E-state index contributed by atoms with van der Waals surface area (Å²) in [5.74, 6) is -5.96. The van der Waals surface area contributed by atoms with Crippen molar-refractivity contribution in [2.75, 3.05) is 14.2 Å². The molecule has 2 aliphatic rings. The predicted octanol–water partition coefficient (Wildman–Crippen LogP) is 3.62. The number of hydrogen-bond donors (Lipinski definition) is 0. The monoisotopic (exact) mass is 472 g/mol. The number of hydrogen-bond acceptors (Lipinski definition) is 8. The van der Waals surface area contributed by atoms with Gasteiger partial charge in [-0.3, -0.25) is 19.2 Å². The number of esters is 2. The largest absolute Gasteiger partial charge is 0.493 e. The molecule has 0 amide bonds. The first-order chi connectivity index (χ1) is 16.9. The van der Waals surface area contributed by atoms with Crippen LogP contribution in [0.5, 0.6) is 23.0 Å². The molecule has 0 spiro atoms. The van der Waals surface area contributed by atoms with E-state index in [0.717, 1.165) is 0 Å². The van der Waals surface area contributed by atoms with E-state index in [1.165, 1.54) is 26.4 Å². The average Bonchev–Trinajstić information content (AvgIpc) is 2.87. The van der Waals surface area contributed by atoms with Crippen molar-refractivity contribution in [3.8, 4) is 23.0 Å². The maximum absolute atomic E-state index is 13.6. The van der Waals surface area contributed by atoms with Gasteiger partial charge in [0.15, 0.2) is 23.1 Å². The molecule has 0 saturated carbocycles. The maximum atomic E-state index is 13.6. The highest BCUT2D eigenvalue weighted by Gasteiger charge is 2.52. The van der Waals surface area contributed by atoms with E-state index in [0.29, 0.717) is 17.1 Å². The van der Waals surface area contributed by atoms with Gasteiger partial charge in [-0.15, -0.1) is 0 Å². The van der Waals surface area contributed by atoms with Gasteiger partial charge in [-0.1, -0.05) is 30.3 Å². The average molecular weight is 472 g/mol. The first-order valence-corrected chi connectivity index (χ1v) is 10.9. The van der Waals surface area contributed by atoms with Gasteiger partial charge in [-0.2, -0.15) is 0 Å². The van der Waals surface area contributed by atoms with Crippen molar-refractivity contribution >= 4 is 23.5 Å². The minimum absolute atomic E-state index is 0.132. The van der Waals surface area contributed by atoms with Crippen LogP contribution in [0.3, 0.4) is 0 Å². The van der Waals surface area contributed by atoms with E-state index < -0.39 is 41.3 Å². The lowest BCUT2D eigenvalue weighted by Crippen LogP contribution is -2.46. The zero-order valence-corrected chi connectivity index (χ0v) is 18.8. The summed E-state index contributed by atoms with van der Waals surface area (Å²) in [5, 5.41) is 0.